The molecular formula is C15H21ClFN. The van der Waals surface area contributed by atoms with Gasteiger partial charge in [0.05, 0.1) is 0 Å². The van der Waals surface area contributed by atoms with E-state index in [1.165, 1.54) is 44.6 Å². The molecule has 1 aliphatic carbocycles. The van der Waals surface area contributed by atoms with Crippen molar-refractivity contribution < 1.29 is 4.39 Å². The molecule has 1 fully saturated rings. The van der Waals surface area contributed by atoms with E-state index in [1.807, 2.05) is 0 Å². The van der Waals surface area contributed by atoms with Gasteiger partial charge in [0, 0.05) is 16.6 Å². The Balaban J connectivity index is 1.80. The SMILES string of the molecule is Fc1cccc(Cl)c1CCNC1CCCCCC1. The number of hydrogen-bond acceptors (Lipinski definition) is 1. The van der Waals surface area contributed by atoms with Crippen molar-refractivity contribution in [2.75, 3.05) is 6.54 Å². The van der Waals surface area contributed by atoms with Crippen LogP contribution in [0.1, 0.15) is 44.1 Å². The maximum Gasteiger partial charge on any atom is 0.127 e. The van der Waals surface area contributed by atoms with Crippen LogP contribution in [-0.2, 0) is 6.42 Å². The number of halogens is 2. The quantitative estimate of drug-likeness (QED) is 0.802. The van der Waals surface area contributed by atoms with Gasteiger partial charge in [0.2, 0.25) is 0 Å². The first-order valence-electron chi connectivity index (χ1n) is 6.93. The van der Waals surface area contributed by atoms with Gasteiger partial charge in [-0.3, -0.25) is 0 Å². The molecule has 0 saturated heterocycles. The lowest BCUT2D eigenvalue weighted by molar-refractivity contribution is 0.460. The van der Waals surface area contributed by atoms with Crippen LogP contribution in [0.2, 0.25) is 5.02 Å². The number of hydrogen-bond donors (Lipinski definition) is 1. The Morgan fingerprint density at radius 1 is 1.17 bits per heavy atom. The summed E-state index contributed by atoms with van der Waals surface area (Å²) in [6.07, 6.45) is 8.53. The highest BCUT2D eigenvalue weighted by Gasteiger charge is 2.12. The molecule has 18 heavy (non-hydrogen) atoms. The van der Waals surface area contributed by atoms with E-state index in [9.17, 15) is 4.39 Å². The zero-order chi connectivity index (χ0) is 12.8. The van der Waals surface area contributed by atoms with Crippen LogP contribution in [0, 0.1) is 5.82 Å². The first-order chi connectivity index (χ1) is 8.77. The van der Waals surface area contributed by atoms with Crippen LogP contribution in [0.5, 0.6) is 0 Å². The van der Waals surface area contributed by atoms with Crippen molar-refractivity contribution in [3.63, 3.8) is 0 Å². The van der Waals surface area contributed by atoms with Crippen molar-refractivity contribution in [2.45, 2.75) is 51.0 Å². The number of benzene rings is 1. The van der Waals surface area contributed by atoms with Crippen molar-refractivity contribution in [2.24, 2.45) is 0 Å². The first kappa shape index (κ1) is 13.8. The summed E-state index contributed by atoms with van der Waals surface area (Å²) in [6.45, 7) is 0.811. The number of rotatable bonds is 4. The molecule has 2 rings (SSSR count). The van der Waals surface area contributed by atoms with E-state index < -0.39 is 0 Å². The molecular weight excluding hydrogens is 249 g/mol. The summed E-state index contributed by atoms with van der Waals surface area (Å²) >= 11 is 6.01. The molecule has 100 valence electrons. The molecule has 0 aromatic heterocycles. The predicted octanol–water partition coefficient (Wildman–Crippen LogP) is 4.33. The fraction of sp³-hybridized carbons (Fsp3) is 0.600. The third kappa shape index (κ3) is 3.96. The van der Waals surface area contributed by atoms with Gasteiger partial charge in [-0.15, -0.1) is 0 Å². The van der Waals surface area contributed by atoms with E-state index in [2.05, 4.69) is 5.32 Å². The number of nitrogens with one attached hydrogen (secondary N) is 1. The maximum atomic E-state index is 13.6. The molecule has 0 heterocycles. The zero-order valence-corrected chi connectivity index (χ0v) is 11.5. The van der Waals surface area contributed by atoms with Crippen molar-refractivity contribution in [1.82, 2.24) is 5.32 Å². The Labute approximate surface area is 114 Å². The monoisotopic (exact) mass is 269 g/mol. The fourth-order valence-electron chi connectivity index (χ4n) is 2.66. The van der Waals surface area contributed by atoms with Crippen LogP contribution in [-0.4, -0.2) is 12.6 Å². The second-order valence-corrected chi connectivity index (χ2v) is 5.50. The molecule has 0 spiro atoms. The molecule has 0 aliphatic heterocycles. The van der Waals surface area contributed by atoms with Gasteiger partial charge in [-0.05, 0) is 37.9 Å². The van der Waals surface area contributed by atoms with Gasteiger partial charge in [-0.25, -0.2) is 4.39 Å². The minimum absolute atomic E-state index is 0.190. The lowest BCUT2D eigenvalue weighted by Crippen LogP contribution is -2.30. The standard InChI is InChI=1S/C15H21ClFN/c16-14-8-5-9-15(17)13(14)10-11-18-12-6-3-1-2-4-7-12/h5,8-9,12,18H,1-4,6-7,10-11H2. The molecule has 1 aliphatic rings. The van der Waals surface area contributed by atoms with Gasteiger partial charge < -0.3 is 5.32 Å². The molecule has 1 aromatic rings. The molecule has 3 heteroatoms. The van der Waals surface area contributed by atoms with Crippen molar-refractivity contribution in [3.8, 4) is 0 Å². The predicted molar refractivity (Wildman–Crippen MR) is 74.6 cm³/mol. The van der Waals surface area contributed by atoms with Crippen molar-refractivity contribution in [3.05, 3.63) is 34.6 Å². The topological polar surface area (TPSA) is 12.0 Å². The molecule has 1 nitrogen and oxygen atoms in total. The third-order valence-electron chi connectivity index (χ3n) is 3.72. The summed E-state index contributed by atoms with van der Waals surface area (Å²) < 4.78 is 13.6. The Morgan fingerprint density at radius 2 is 1.89 bits per heavy atom. The highest BCUT2D eigenvalue weighted by Crippen LogP contribution is 2.20. The lowest BCUT2D eigenvalue weighted by atomic mass is 10.1. The molecule has 0 amide bonds. The summed E-state index contributed by atoms with van der Waals surface area (Å²) in [4.78, 5) is 0. The third-order valence-corrected chi connectivity index (χ3v) is 4.08. The lowest BCUT2D eigenvalue weighted by Gasteiger charge is -2.16. The normalized spacial score (nSPS) is 17.7. The zero-order valence-electron chi connectivity index (χ0n) is 10.7. The summed E-state index contributed by atoms with van der Waals surface area (Å²) in [7, 11) is 0. The Kier molecular flexibility index (Phi) is 5.45. The van der Waals surface area contributed by atoms with Gasteiger partial charge in [-0.2, -0.15) is 0 Å². The molecule has 0 radical (unpaired) electrons. The molecule has 0 unspecified atom stereocenters. The van der Waals surface area contributed by atoms with Crippen LogP contribution in [0.3, 0.4) is 0 Å². The molecule has 1 saturated carbocycles. The highest BCUT2D eigenvalue weighted by atomic mass is 35.5. The summed E-state index contributed by atoms with van der Waals surface area (Å²) in [6, 6.07) is 5.50. The van der Waals surface area contributed by atoms with E-state index in [4.69, 9.17) is 11.6 Å². The average molecular weight is 270 g/mol. The van der Waals surface area contributed by atoms with E-state index in [0.29, 0.717) is 23.0 Å². The Bertz CT molecular complexity index is 353. The van der Waals surface area contributed by atoms with Crippen molar-refractivity contribution in [1.29, 1.82) is 0 Å². The van der Waals surface area contributed by atoms with Crippen LogP contribution in [0.25, 0.3) is 0 Å². The highest BCUT2D eigenvalue weighted by molar-refractivity contribution is 6.31. The van der Waals surface area contributed by atoms with Gasteiger partial charge in [0.15, 0.2) is 0 Å². The second-order valence-electron chi connectivity index (χ2n) is 5.09. The van der Waals surface area contributed by atoms with Crippen LogP contribution in [0.4, 0.5) is 4.39 Å². The van der Waals surface area contributed by atoms with E-state index >= 15 is 0 Å². The van der Waals surface area contributed by atoms with Gasteiger partial charge in [0.1, 0.15) is 5.82 Å². The fourth-order valence-corrected chi connectivity index (χ4v) is 2.91. The van der Waals surface area contributed by atoms with Gasteiger partial charge in [0.25, 0.3) is 0 Å². The van der Waals surface area contributed by atoms with Crippen molar-refractivity contribution >= 4 is 11.6 Å². The van der Waals surface area contributed by atoms with Gasteiger partial charge in [-0.1, -0.05) is 43.4 Å². The average Bonchev–Trinajstić information content (AvgIpc) is 2.61. The summed E-state index contributed by atoms with van der Waals surface area (Å²) in [5.41, 5.74) is 0.639. The molecule has 1 N–H and O–H groups in total. The van der Waals surface area contributed by atoms with Crippen LogP contribution >= 0.6 is 11.6 Å². The maximum absolute atomic E-state index is 13.6. The smallest absolute Gasteiger partial charge is 0.127 e. The van der Waals surface area contributed by atoms with Crippen LogP contribution < -0.4 is 5.32 Å². The Morgan fingerprint density at radius 3 is 2.56 bits per heavy atom. The van der Waals surface area contributed by atoms with Crippen LogP contribution in [0.15, 0.2) is 18.2 Å². The molecule has 0 atom stereocenters. The molecule has 0 bridgehead atoms. The summed E-state index contributed by atoms with van der Waals surface area (Å²) in [5, 5.41) is 4.08. The van der Waals surface area contributed by atoms with E-state index in [-0.39, 0.29) is 5.82 Å². The summed E-state index contributed by atoms with van der Waals surface area (Å²) in [5.74, 6) is -0.190. The largest absolute Gasteiger partial charge is 0.314 e. The first-order valence-corrected chi connectivity index (χ1v) is 7.31. The minimum atomic E-state index is -0.190. The second kappa shape index (κ2) is 7.10. The van der Waals surface area contributed by atoms with E-state index in [0.717, 1.165) is 6.54 Å². The van der Waals surface area contributed by atoms with Gasteiger partial charge >= 0.3 is 0 Å². The Hall–Kier alpha value is -0.600. The van der Waals surface area contributed by atoms with E-state index in [1.54, 1.807) is 12.1 Å². The minimum Gasteiger partial charge on any atom is -0.314 e. The molecule has 1 aromatic carbocycles.